The number of benzene rings is 1. The fourth-order valence-electron chi connectivity index (χ4n) is 3.04. The smallest absolute Gasteiger partial charge is 0.254 e. The SMILES string of the molecule is Cc1cccc(C(=O)N2CCc3c(cnn3C(C)(C)C)C2)c1. The van der Waals surface area contributed by atoms with E-state index in [1.807, 2.05) is 42.3 Å². The molecule has 0 N–H and O–H groups in total. The van der Waals surface area contributed by atoms with Crippen LogP contribution in [-0.4, -0.2) is 27.1 Å². The molecule has 1 aromatic heterocycles. The summed E-state index contributed by atoms with van der Waals surface area (Å²) in [5.74, 6) is 0.109. The van der Waals surface area contributed by atoms with Gasteiger partial charge in [-0.25, -0.2) is 0 Å². The maximum Gasteiger partial charge on any atom is 0.254 e. The van der Waals surface area contributed by atoms with E-state index in [4.69, 9.17) is 0 Å². The van der Waals surface area contributed by atoms with Crippen LogP contribution in [0, 0.1) is 6.92 Å². The van der Waals surface area contributed by atoms with Crippen molar-refractivity contribution in [2.75, 3.05) is 6.54 Å². The summed E-state index contributed by atoms with van der Waals surface area (Å²) in [6.07, 6.45) is 2.78. The zero-order valence-electron chi connectivity index (χ0n) is 13.8. The summed E-state index contributed by atoms with van der Waals surface area (Å²) in [4.78, 5) is 14.6. The van der Waals surface area contributed by atoms with Crippen molar-refractivity contribution in [3.05, 3.63) is 52.8 Å². The molecule has 0 unspecified atom stereocenters. The zero-order valence-corrected chi connectivity index (χ0v) is 13.8. The first-order valence-corrected chi connectivity index (χ1v) is 7.78. The van der Waals surface area contributed by atoms with Crippen LogP contribution in [0.4, 0.5) is 0 Å². The fourth-order valence-corrected chi connectivity index (χ4v) is 3.04. The van der Waals surface area contributed by atoms with E-state index in [9.17, 15) is 4.79 Å². The predicted molar refractivity (Wildman–Crippen MR) is 86.8 cm³/mol. The maximum atomic E-state index is 12.7. The van der Waals surface area contributed by atoms with Gasteiger partial charge in [-0.15, -0.1) is 0 Å². The molecule has 22 heavy (non-hydrogen) atoms. The summed E-state index contributed by atoms with van der Waals surface area (Å²) < 4.78 is 2.09. The van der Waals surface area contributed by atoms with E-state index in [1.54, 1.807) is 0 Å². The number of carbonyl (C=O) groups excluding carboxylic acids is 1. The molecule has 2 heterocycles. The quantitative estimate of drug-likeness (QED) is 0.811. The van der Waals surface area contributed by atoms with Crippen LogP contribution in [0.1, 0.15) is 48.0 Å². The van der Waals surface area contributed by atoms with Gasteiger partial charge in [0.1, 0.15) is 0 Å². The van der Waals surface area contributed by atoms with E-state index in [0.29, 0.717) is 6.54 Å². The van der Waals surface area contributed by atoms with E-state index in [2.05, 4.69) is 30.6 Å². The van der Waals surface area contributed by atoms with Crippen molar-refractivity contribution in [1.82, 2.24) is 14.7 Å². The molecule has 0 saturated heterocycles. The first-order chi connectivity index (χ1) is 10.4. The van der Waals surface area contributed by atoms with E-state index >= 15 is 0 Å². The summed E-state index contributed by atoms with van der Waals surface area (Å²) in [5, 5.41) is 4.53. The normalized spacial score (nSPS) is 14.8. The Morgan fingerprint density at radius 2 is 2.05 bits per heavy atom. The molecule has 0 fully saturated rings. The van der Waals surface area contributed by atoms with Gasteiger partial charge in [-0.1, -0.05) is 17.7 Å². The Labute approximate surface area is 131 Å². The highest BCUT2D eigenvalue weighted by atomic mass is 16.2. The van der Waals surface area contributed by atoms with Crippen molar-refractivity contribution in [3.63, 3.8) is 0 Å². The number of carbonyl (C=O) groups is 1. The van der Waals surface area contributed by atoms with Crippen molar-refractivity contribution in [1.29, 1.82) is 0 Å². The number of amides is 1. The lowest BCUT2D eigenvalue weighted by Crippen LogP contribution is -2.37. The van der Waals surface area contributed by atoms with Crippen LogP contribution >= 0.6 is 0 Å². The Bertz CT molecular complexity index is 709. The highest BCUT2D eigenvalue weighted by Gasteiger charge is 2.27. The third-order valence-corrected chi connectivity index (χ3v) is 4.12. The molecule has 3 rings (SSSR count). The molecule has 1 amide bonds. The van der Waals surface area contributed by atoms with Crippen LogP contribution in [0.3, 0.4) is 0 Å². The molecule has 4 heteroatoms. The summed E-state index contributed by atoms with van der Waals surface area (Å²) >= 11 is 0. The molecule has 4 nitrogen and oxygen atoms in total. The molecular formula is C18H23N3O. The number of hydrogen-bond acceptors (Lipinski definition) is 2. The number of rotatable bonds is 1. The lowest BCUT2D eigenvalue weighted by molar-refractivity contribution is 0.0732. The van der Waals surface area contributed by atoms with Gasteiger partial charge in [0.2, 0.25) is 0 Å². The fraction of sp³-hybridized carbons (Fsp3) is 0.444. The molecular weight excluding hydrogens is 274 g/mol. The molecule has 0 saturated carbocycles. The highest BCUT2D eigenvalue weighted by Crippen LogP contribution is 2.25. The molecule has 1 aliphatic heterocycles. The van der Waals surface area contributed by atoms with Crippen LogP contribution < -0.4 is 0 Å². The van der Waals surface area contributed by atoms with Gasteiger partial charge in [-0.2, -0.15) is 5.10 Å². The van der Waals surface area contributed by atoms with Crippen LogP contribution in [0.2, 0.25) is 0 Å². The lowest BCUT2D eigenvalue weighted by Gasteiger charge is -2.30. The van der Waals surface area contributed by atoms with Gasteiger partial charge in [0.05, 0.1) is 11.7 Å². The lowest BCUT2D eigenvalue weighted by atomic mass is 10.0. The molecule has 1 aliphatic rings. The van der Waals surface area contributed by atoms with Gasteiger partial charge in [0, 0.05) is 36.3 Å². The van der Waals surface area contributed by atoms with Crippen molar-refractivity contribution < 1.29 is 4.79 Å². The number of fused-ring (bicyclic) bond motifs is 1. The van der Waals surface area contributed by atoms with E-state index in [0.717, 1.165) is 24.1 Å². The largest absolute Gasteiger partial charge is 0.334 e. The molecule has 0 bridgehead atoms. The van der Waals surface area contributed by atoms with Crippen LogP contribution in [0.5, 0.6) is 0 Å². The monoisotopic (exact) mass is 297 g/mol. The highest BCUT2D eigenvalue weighted by molar-refractivity contribution is 5.94. The number of aromatic nitrogens is 2. The van der Waals surface area contributed by atoms with E-state index < -0.39 is 0 Å². The molecule has 2 aromatic rings. The summed E-state index contributed by atoms with van der Waals surface area (Å²) in [5.41, 5.74) is 4.30. The standard InChI is InChI=1S/C18H23N3O/c1-13-6-5-7-14(10-13)17(22)20-9-8-16-15(12-20)11-19-21(16)18(2,3)4/h5-7,10-11H,8-9,12H2,1-4H3. The summed E-state index contributed by atoms with van der Waals surface area (Å²) in [6.45, 7) is 9.89. The van der Waals surface area contributed by atoms with Crippen LogP contribution in [0.15, 0.2) is 30.5 Å². The molecule has 1 aromatic carbocycles. The number of nitrogens with zero attached hydrogens (tertiary/aromatic N) is 3. The van der Waals surface area contributed by atoms with E-state index in [-0.39, 0.29) is 11.4 Å². The Morgan fingerprint density at radius 3 is 2.73 bits per heavy atom. The molecule has 0 radical (unpaired) electrons. The van der Waals surface area contributed by atoms with Gasteiger partial charge in [0.25, 0.3) is 5.91 Å². The Hall–Kier alpha value is -2.10. The maximum absolute atomic E-state index is 12.7. The van der Waals surface area contributed by atoms with Gasteiger partial charge in [-0.3, -0.25) is 9.48 Å². The summed E-state index contributed by atoms with van der Waals surface area (Å²) in [7, 11) is 0. The third kappa shape index (κ3) is 2.65. The van der Waals surface area contributed by atoms with Crippen LogP contribution in [-0.2, 0) is 18.5 Å². The van der Waals surface area contributed by atoms with E-state index in [1.165, 1.54) is 11.3 Å². The average molecular weight is 297 g/mol. The number of hydrogen-bond donors (Lipinski definition) is 0. The number of aryl methyl sites for hydroxylation is 1. The minimum atomic E-state index is -0.0176. The minimum absolute atomic E-state index is 0.0176. The molecule has 0 atom stereocenters. The molecule has 116 valence electrons. The average Bonchev–Trinajstić information content (AvgIpc) is 2.89. The van der Waals surface area contributed by atoms with Crippen LogP contribution in [0.25, 0.3) is 0 Å². The molecule has 0 aliphatic carbocycles. The second-order valence-corrected chi connectivity index (χ2v) is 7.05. The minimum Gasteiger partial charge on any atom is -0.334 e. The summed E-state index contributed by atoms with van der Waals surface area (Å²) in [6, 6.07) is 7.80. The third-order valence-electron chi connectivity index (χ3n) is 4.12. The Kier molecular flexibility index (Phi) is 3.55. The predicted octanol–water partition coefficient (Wildman–Crippen LogP) is 3.15. The second kappa shape index (κ2) is 5.27. The van der Waals surface area contributed by atoms with Gasteiger partial charge >= 0.3 is 0 Å². The van der Waals surface area contributed by atoms with Crippen molar-refractivity contribution >= 4 is 5.91 Å². The first kappa shape index (κ1) is 14.8. The van der Waals surface area contributed by atoms with Gasteiger partial charge < -0.3 is 4.90 Å². The van der Waals surface area contributed by atoms with Crippen molar-refractivity contribution in [2.45, 2.75) is 46.2 Å². The second-order valence-electron chi connectivity index (χ2n) is 7.05. The van der Waals surface area contributed by atoms with Crippen molar-refractivity contribution in [2.24, 2.45) is 0 Å². The first-order valence-electron chi connectivity index (χ1n) is 7.78. The Morgan fingerprint density at radius 1 is 1.27 bits per heavy atom. The zero-order chi connectivity index (χ0) is 15.9. The van der Waals surface area contributed by atoms with Crippen molar-refractivity contribution in [3.8, 4) is 0 Å². The Balaban J connectivity index is 1.83. The topological polar surface area (TPSA) is 38.1 Å². The van der Waals surface area contributed by atoms with Gasteiger partial charge in [0.15, 0.2) is 0 Å². The van der Waals surface area contributed by atoms with Gasteiger partial charge in [-0.05, 0) is 39.8 Å². The molecule has 0 spiro atoms.